The first-order valence-electron chi connectivity index (χ1n) is 9.57. The minimum atomic E-state index is 0.152. The van der Waals surface area contributed by atoms with Gasteiger partial charge in [-0.3, -0.25) is 4.79 Å². The van der Waals surface area contributed by atoms with Crippen molar-refractivity contribution in [2.75, 3.05) is 0 Å². The number of hydrogen-bond acceptors (Lipinski definition) is 1. The van der Waals surface area contributed by atoms with Gasteiger partial charge in [0.1, 0.15) is 0 Å². The summed E-state index contributed by atoms with van der Waals surface area (Å²) >= 11 is 0. The second-order valence-corrected chi connectivity index (χ2v) is 6.55. The quantitative estimate of drug-likeness (QED) is 0.291. The fourth-order valence-corrected chi connectivity index (χ4v) is 3.31. The highest BCUT2D eigenvalue weighted by molar-refractivity contribution is 5.96. The Morgan fingerprint density at radius 1 is 1.04 bits per heavy atom. The van der Waals surface area contributed by atoms with Crippen LogP contribution in [0, 0.1) is 11.8 Å². The molecule has 132 valence electrons. The monoisotopic (exact) mass is 318 g/mol. The molecule has 2 unspecified atom stereocenters. The zero-order chi connectivity index (χ0) is 17.7. The minimum absolute atomic E-state index is 0.152. The average Bonchev–Trinajstić information content (AvgIpc) is 2.78. The van der Waals surface area contributed by atoms with E-state index in [0.717, 1.165) is 23.8 Å². The van der Waals surface area contributed by atoms with E-state index in [2.05, 4.69) is 19.9 Å². The first-order chi connectivity index (χ1) is 11.1. The van der Waals surface area contributed by atoms with Gasteiger partial charge in [-0.2, -0.15) is 0 Å². The molecule has 0 radical (unpaired) electrons. The zero-order valence-electron chi connectivity index (χ0n) is 16.3. The molecule has 1 heteroatoms. The van der Waals surface area contributed by atoms with Gasteiger partial charge in [0, 0.05) is 5.57 Å². The van der Waals surface area contributed by atoms with Crippen molar-refractivity contribution in [3.05, 3.63) is 35.5 Å². The number of hydrogen-bond donors (Lipinski definition) is 0. The van der Waals surface area contributed by atoms with Gasteiger partial charge in [0.05, 0.1) is 0 Å². The van der Waals surface area contributed by atoms with Gasteiger partial charge in [-0.15, -0.1) is 0 Å². The molecule has 0 aromatic carbocycles. The molecule has 1 aliphatic rings. The Labute approximate surface area is 144 Å². The number of carbonyl (C=O) groups excluding carboxylic acids is 1. The maximum Gasteiger partial charge on any atom is 0.159 e. The van der Waals surface area contributed by atoms with Crippen LogP contribution in [0.3, 0.4) is 0 Å². The highest BCUT2D eigenvalue weighted by Crippen LogP contribution is 2.32. The minimum Gasteiger partial charge on any atom is -0.295 e. The molecular formula is C22H38O. The van der Waals surface area contributed by atoms with Crippen LogP contribution in [0.2, 0.25) is 0 Å². The lowest BCUT2D eigenvalue weighted by Crippen LogP contribution is -2.02. The first kappa shape index (κ1) is 21.9. The third-order valence-corrected chi connectivity index (χ3v) is 4.67. The van der Waals surface area contributed by atoms with Gasteiger partial charge in [0.2, 0.25) is 0 Å². The highest BCUT2D eigenvalue weighted by Gasteiger charge is 2.18. The van der Waals surface area contributed by atoms with E-state index in [1.54, 1.807) is 6.92 Å². The highest BCUT2D eigenvalue weighted by atomic mass is 16.1. The number of rotatable bonds is 6. The van der Waals surface area contributed by atoms with Gasteiger partial charge >= 0.3 is 0 Å². The van der Waals surface area contributed by atoms with Crippen LogP contribution < -0.4 is 0 Å². The van der Waals surface area contributed by atoms with Crippen LogP contribution in [0.25, 0.3) is 0 Å². The van der Waals surface area contributed by atoms with Crippen LogP contribution >= 0.6 is 0 Å². The molecule has 1 fully saturated rings. The van der Waals surface area contributed by atoms with Gasteiger partial charge in [-0.25, -0.2) is 0 Å². The molecule has 0 N–H and O–H groups in total. The van der Waals surface area contributed by atoms with E-state index in [-0.39, 0.29) is 5.78 Å². The van der Waals surface area contributed by atoms with Crippen molar-refractivity contribution in [1.29, 1.82) is 0 Å². The predicted molar refractivity (Wildman–Crippen MR) is 104 cm³/mol. The Balaban J connectivity index is 0.00000232. The molecule has 0 bridgehead atoms. The molecule has 0 saturated heterocycles. The molecule has 2 atom stereocenters. The van der Waals surface area contributed by atoms with Gasteiger partial charge < -0.3 is 0 Å². The summed E-state index contributed by atoms with van der Waals surface area (Å²) in [5, 5.41) is 0. The second-order valence-electron chi connectivity index (χ2n) is 6.55. The molecule has 0 aromatic heterocycles. The van der Waals surface area contributed by atoms with E-state index in [1.807, 2.05) is 39.0 Å². The van der Waals surface area contributed by atoms with E-state index in [0.29, 0.717) is 0 Å². The maximum atomic E-state index is 11.7. The van der Waals surface area contributed by atoms with Gasteiger partial charge in [0.25, 0.3) is 0 Å². The third kappa shape index (κ3) is 9.58. The van der Waals surface area contributed by atoms with Crippen LogP contribution in [0.1, 0.15) is 86.5 Å². The topological polar surface area (TPSA) is 17.1 Å². The van der Waals surface area contributed by atoms with Crippen LogP contribution in [-0.2, 0) is 4.79 Å². The first-order valence-corrected chi connectivity index (χ1v) is 9.57. The number of Topliss-reactive ketones (excluding diaryl/α,β-unsaturated/α-hetero) is 1. The molecule has 0 aromatic rings. The molecular weight excluding hydrogens is 280 g/mol. The Hall–Kier alpha value is -1.11. The van der Waals surface area contributed by atoms with E-state index < -0.39 is 0 Å². The van der Waals surface area contributed by atoms with Crippen molar-refractivity contribution in [1.82, 2.24) is 0 Å². The molecule has 1 saturated carbocycles. The second kappa shape index (κ2) is 13.3. The van der Waals surface area contributed by atoms with Crippen molar-refractivity contribution in [2.24, 2.45) is 11.8 Å². The molecule has 0 heterocycles. The maximum absolute atomic E-state index is 11.7. The van der Waals surface area contributed by atoms with Crippen molar-refractivity contribution in [3.63, 3.8) is 0 Å². The Morgan fingerprint density at radius 2 is 1.65 bits per heavy atom. The summed E-state index contributed by atoms with van der Waals surface area (Å²) in [6.45, 7) is 12.1. The molecule has 0 spiro atoms. The third-order valence-electron chi connectivity index (χ3n) is 4.67. The molecule has 0 aliphatic heterocycles. The van der Waals surface area contributed by atoms with E-state index in [9.17, 15) is 4.79 Å². The lowest BCUT2D eigenvalue weighted by Gasteiger charge is -2.15. The molecule has 23 heavy (non-hydrogen) atoms. The molecule has 1 rings (SSSR count). The van der Waals surface area contributed by atoms with E-state index >= 15 is 0 Å². The Morgan fingerprint density at radius 3 is 2.22 bits per heavy atom. The van der Waals surface area contributed by atoms with Gasteiger partial charge in [-0.05, 0) is 45.4 Å². The van der Waals surface area contributed by atoms with E-state index in [4.69, 9.17) is 0 Å². The fraction of sp³-hybridized carbons (Fsp3) is 0.682. The average molecular weight is 319 g/mol. The van der Waals surface area contributed by atoms with E-state index in [1.165, 1.54) is 44.1 Å². The van der Waals surface area contributed by atoms with Crippen molar-refractivity contribution in [2.45, 2.75) is 86.5 Å². The lowest BCUT2D eigenvalue weighted by atomic mass is 9.91. The summed E-state index contributed by atoms with van der Waals surface area (Å²) in [6.07, 6.45) is 17.3. The fourth-order valence-electron chi connectivity index (χ4n) is 3.31. The van der Waals surface area contributed by atoms with Gasteiger partial charge in [0.15, 0.2) is 5.78 Å². The Bertz CT molecular complexity index is 412. The lowest BCUT2D eigenvalue weighted by molar-refractivity contribution is -0.113. The van der Waals surface area contributed by atoms with Crippen molar-refractivity contribution < 1.29 is 4.79 Å². The molecule has 0 amide bonds. The zero-order valence-corrected chi connectivity index (χ0v) is 16.3. The van der Waals surface area contributed by atoms with Crippen molar-refractivity contribution in [3.8, 4) is 0 Å². The summed E-state index contributed by atoms with van der Waals surface area (Å²) < 4.78 is 0. The largest absolute Gasteiger partial charge is 0.295 e. The number of carbonyl (C=O) groups is 1. The smallest absolute Gasteiger partial charge is 0.159 e. The van der Waals surface area contributed by atoms with Crippen molar-refractivity contribution >= 4 is 5.78 Å². The predicted octanol–water partition coefficient (Wildman–Crippen LogP) is 7.05. The van der Waals surface area contributed by atoms with Crippen LogP contribution in [0.5, 0.6) is 0 Å². The Kier molecular flexibility index (Phi) is 12.7. The standard InChI is InChI=1S/C20H32O.C2H6/c1-5-7-11-20(17(4)21)15-16(3)14-19-10-8-9-18(6-2)12-13-19;1-2/h5,7,11,15,18-19H,6,8-10,12-14H2,1-4H3;1-2H3/b7-5-,16-15+,20-11+;. The normalized spacial score (nSPS) is 23.2. The molecule has 1 nitrogen and oxygen atoms in total. The summed E-state index contributed by atoms with van der Waals surface area (Å²) in [4.78, 5) is 11.7. The number of allylic oxidation sites excluding steroid dienone is 6. The summed E-state index contributed by atoms with van der Waals surface area (Å²) in [7, 11) is 0. The van der Waals surface area contributed by atoms with Gasteiger partial charge in [-0.1, -0.05) is 82.8 Å². The van der Waals surface area contributed by atoms with Crippen LogP contribution in [0.15, 0.2) is 35.5 Å². The van der Waals surface area contributed by atoms with Crippen LogP contribution in [0.4, 0.5) is 0 Å². The summed E-state index contributed by atoms with van der Waals surface area (Å²) in [5.74, 6) is 1.91. The van der Waals surface area contributed by atoms with Crippen LogP contribution in [-0.4, -0.2) is 5.78 Å². The number of ketones is 1. The molecule has 1 aliphatic carbocycles. The summed E-state index contributed by atoms with van der Waals surface area (Å²) in [6, 6.07) is 0. The summed E-state index contributed by atoms with van der Waals surface area (Å²) in [5.41, 5.74) is 2.17. The SMILES string of the molecule is CC.C\C=C/C=C(\C=C(/C)CC1CCCC(CC)CC1)C(C)=O.